The minimum Gasteiger partial charge on any atom is -0.404 e. The van der Waals surface area contributed by atoms with Crippen LogP contribution >= 0.6 is 0 Å². The Morgan fingerprint density at radius 1 is 1.08 bits per heavy atom. The fourth-order valence-corrected chi connectivity index (χ4v) is 5.23. The molecule has 0 radical (unpaired) electrons. The van der Waals surface area contributed by atoms with E-state index in [1.54, 1.807) is 0 Å². The van der Waals surface area contributed by atoms with Gasteiger partial charge in [-0.2, -0.15) is 13.2 Å². The number of hydrogen-bond acceptors (Lipinski definition) is 7. The topological polar surface area (TPSA) is 113 Å². The minimum absolute atomic E-state index is 0.0270. The van der Waals surface area contributed by atoms with E-state index in [4.69, 9.17) is 9.47 Å². The highest BCUT2D eigenvalue weighted by molar-refractivity contribution is 8.10. The molecule has 0 amide bonds. The third kappa shape index (κ3) is 4.02. The van der Waals surface area contributed by atoms with Gasteiger partial charge >= 0.3 is 5.51 Å². The van der Waals surface area contributed by atoms with Gasteiger partial charge in [-0.25, -0.2) is 16.8 Å². The SMILES string of the molecule is O=S(=O)([N-]S(=O)(=O)C(F)(F)F)OC1CC2CC(OCC3CO3)C1C2. The van der Waals surface area contributed by atoms with Gasteiger partial charge in [0.05, 0.1) is 25.4 Å². The number of halogens is 3. The zero-order valence-corrected chi connectivity index (χ0v) is 13.8. The first-order valence-electron chi connectivity index (χ1n) is 7.19. The molecule has 1 saturated heterocycles. The highest BCUT2D eigenvalue weighted by Gasteiger charge is 2.49. The molecule has 24 heavy (non-hydrogen) atoms. The Morgan fingerprint density at radius 2 is 1.71 bits per heavy atom. The van der Waals surface area contributed by atoms with E-state index >= 15 is 0 Å². The molecule has 0 aromatic heterocycles. The van der Waals surface area contributed by atoms with Crippen LogP contribution in [-0.4, -0.2) is 53.9 Å². The summed E-state index contributed by atoms with van der Waals surface area (Å²) in [5.41, 5.74) is -5.80. The molecule has 0 spiro atoms. The number of rotatable bonds is 7. The smallest absolute Gasteiger partial charge is 0.404 e. The monoisotopic (exact) mass is 394 g/mol. The summed E-state index contributed by atoms with van der Waals surface area (Å²) in [6, 6.07) is 0. The summed E-state index contributed by atoms with van der Waals surface area (Å²) in [5, 5.41) is 0. The lowest BCUT2D eigenvalue weighted by Gasteiger charge is -2.31. The molecule has 0 aromatic rings. The number of ether oxygens (including phenoxy) is 2. The lowest BCUT2D eigenvalue weighted by Crippen LogP contribution is -2.35. The Bertz CT molecular complexity index is 689. The van der Waals surface area contributed by atoms with Gasteiger partial charge in [0.1, 0.15) is 6.10 Å². The summed E-state index contributed by atoms with van der Waals surface area (Å²) in [6.45, 7) is 0.962. The van der Waals surface area contributed by atoms with Crippen LogP contribution in [0.1, 0.15) is 19.3 Å². The average molecular weight is 394 g/mol. The van der Waals surface area contributed by atoms with Gasteiger partial charge in [-0.15, -0.1) is 0 Å². The first-order valence-corrected chi connectivity index (χ1v) is 9.99. The molecule has 0 aromatic carbocycles. The molecule has 0 N–H and O–H groups in total. The van der Waals surface area contributed by atoms with Crippen molar-refractivity contribution in [1.82, 2.24) is 0 Å². The summed E-state index contributed by atoms with van der Waals surface area (Å²) in [7, 11) is -11.4. The summed E-state index contributed by atoms with van der Waals surface area (Å²) < 4.78 is 98.8. The molecule has 2 saturated carbocycles. The van der Waals surface area contributed by atoms with Crippen LogP contribution in [0.15, 0.2) is 0 Å². The lowest BCUT2D eigenvalue weighted by molar-refractivity contribution is -0.0427. The zero-order chi connectivity index (χ0) is 17.8. The minimum atomic E-state index is -6.17. The number of fused-ring (bicyclic) bond motifs is 2. The lowest BCUT2D eigenvalue weighted by atomic mass is 9.95. The Morgan fingerprint density at radius 3 is 2.25 bits per heavy atom. The summed E-state index contributed by atoms with van der Waals surface area (Å²) in [4.78, 5) is 0. The molecule has 3 rings (SSSR count). The third-order valence-electron chi connectivity index (χ3n) is 4.32. The van der Waals surface area contributed by atoms with Gasteiger partial charge in [0.15, 0.2) is 10.0 Å². The molecule has 5 atom stereocenters. The summed E-state index contributed by atoms with van der Waals surface area (Å²) >= 11 is 0. The normalized spacial score (nSPS) is 36.2. The van der Waals surface area contributed by atoms with Crippen molar-refractivity contribution in [3.05, 3.63) is 4.13 Å². The van der Waals surface area contributed by atoms with Crippen molar-refractivity contribution < 1.29 is 43.7 Å². The molecule has 2 aliphatic carbocycles. The predicted octanol–water partition coefficient (Wildman–Crippen LogP) is 1.05. The maximum atomic E-state index is 12.2. The molecule has 3 fully saturated rings. The number of epoxide rings is 1. The Labute approximate surface area is 136 Å². The van der Waals surface area contributed by atoms with Crippen LogP contribution in [0, 0.1) is 11.8 Å². The van der Waals surface area contributed by atoms with Gasteiger partial charge in [-0.3, -0.25) is 4.18 Å². The zero-order valence-electron chi connectivity index (χ0n) is 12.2. The molecule has 140 valence electrons. The van der Waals surface area contributed by atoms with E-state index in [0.29, 0.717) is 32.5 Å². The first-order chi connectivity index (χ1) is 11.0. The van der Waals surface area contributed by atoms with Gasteiger partial charge < -0.3 is 13.6 Å². The maximum absolute atomic E-state index is 12.2. The molecule has 13 heteroatoms. The van der Waals surface area contributed by atoms with Crippen molar-refractivity contribution in [3.8, 4) is 0 Å². The van der Waals surface area contributed by atoms with Crippen LogP contribution in [-0.2, 0) is 34.0 Å². The quantitative estimate of drug-likeness (QED) is 0.593. The van der Waals surface area contributed by atoms with Crippen molar-refractivity contribution in [3.63, 3.8) is 0 Å². The molecule has 1 aliphatic heterocycles. The molecule has 1 heterocycles. The van der Waals surface area contributed by atoms with Crippen LogP contribution < -0.4 is 0 Å². The van der Waals surface area contributed by atoms with Crippen LogP contribution in [0.5, 0.6) is 0 Å². The van der Waals surface area contributed by atoms with Crippen molar-refractivity contribution in [2.75, 3.05) is 13.2 Å². The van der Waals surface area contributed by atoms with Crippen molar-refractivity contribution in [2.45, 2.75) is 43.1 Å². The van der Waals surface area contributed by atoms with Gasteiger partial charge in [0.25, 0.3) is 0 Å². The van der Waals surface area contributed by atoms with Gasteiger partial charge in [0.2, 0.25) is 10.3 Å². The standard InChI is InChI=1S/C11H15F3NO7S2/c12-11(13,14)23(16,17)15-24(18,19)22-10-3-6-1-8(10)9(2-6)21-5-7-4-20-7/h6-10H,1-5H2/q-1. The summed E-state index contributed by atoms with van der Waals surface area (Å²) in [6.07, 6.45) is 0.431. The molecule has 8 nitrogen and oxygen atoms in total. The second-order valence-electron chi connectivity index (χ2n) is 6.12. The highest BCUT2D eigenvalue weighted by Crippen LogP contribution is 2.48. The van der Waals surface area contributed by atoms with Gasteiger partial charge in [0, 0.05) is 5.92 Å². The Kier molecular flexibility index (Phi) is 4.62. The van der Waals surface area contributed by atoms with Gasteiger partial charge in [-0.05, 0) is 25.2 Å². The summed E-state index contributed by atoms with van der Waals surface area (Å²) in [5.74, 6) is -0.202. The average Bonchev–Trinajstić information content (AvgIpc) is 3.04. The predicted molar refractivity (Wildman–Crippen MR) is 72.4 cm³/mol. The van der Waals surface area contributed by atoms with E-state index in [0.717, 1.165) is 0 Å². The molecule has 2 bridgehead atoms. The number of alkyl halides is 3. The van der Waals surface area contributed by atoms with Crippen molar-refractivity contribution in [2.24, 2.45) is 11.8 Å². The van der Waals surface area contributed by atoms with Crippen LogP contribution in [0.4, 0.5) is 13.2 Å². The van der Waals surface area contributed by atoms with E-state index < -0.39 is 31.9 Å². The number of hydrogen-bond donors (Lipinski definition) is 0. The molecule has 5 unspecified atom stereocenters. The van der Waals surface area contributed by atoms with E-state index in [1.165, 1.54) is 0 Å². The Balaban J connectivity index is 1.60. The largest absolute Gasteiger partial charge is 0.480 e. The number of nitrogens with zero attached hydrogens (tertiary/aromatic N) is 1. The van der Waals surface area contributed by atoms with Gasteiger partial charge in [-0.1, -0.05) is 0 Å². The Hall–Kier alpha value is -0.470. The third-order valence-corrected chi connectivity index (χ3v) is 6.91. The maximum Gasteiger partial charge on any atom is 0.480 e. The highest BCUT2D eigenvalue weighted by atomic mass is 32.3. The fraction of sp³-hybridized carbons (Fsp3) is 1.00. The van der Waals surface area contributed by atoms with Crippen LogP contribution in [0.25, 0.3) is 4.13 Å². The molecular weight excluding hydrogens is 379 g/mol. The fourth-order valence-electron chi connectivity index (χ4n) is 3.26. The second-order valence-corrected chi connectivity index (χ2v) is 9.18. The first kappa shape index (κ1) is 18.3. The van der Waals surface area contributed by atoms with Crippen LogP contribution in [0.2, 0.25) is 0 Å². The van der Waals surface area contributed by atoms with E-state index in [1.807, 2.05) is 4.13 Å². The van der Waals surface area contributed by atoms with E-state index in [2.05, 4.69) is 4.18 Å². The van der Waals surface area contributed by atoms with Crippen molar-refractivity contribution in [1.29, 1.82) is 0 Å². The van der Waals surface area contributed by atoms with E-state index in [-0.39, 0.29) is 24.0 Å². The second kappa shape index (κ2) is 6.06. The van der Waals surface area contributed by atoms with E-state index in [9.17, 15) is 30.0 Å². The van der Waals surface area contributed by atoms with Crippen molar-refractivity contribution >= 4 is 20.3 Å². The molecule has 3 aliphatic rings. The van der Waals surface area contributed by atoms with Crippen LogP contribution in [0.3, 0.4) is 0 Å². The molecular formula is C11H15F3NO7S2-. The number of sulfonamides is 1.